The van der Waals surface area contributed by atoms with Crippen molar-refractivity contribution in [3.8, 4) is 6.07 Å². The lowest BCUT2D eigenvalue weighted by Gasteiger charge is -2.38. The smallest absolute Gasteiger partial charge is 0.113 e. The van der Waals surface area contributed by atoms with E-state index in [1.54, 1.807) is 30.2 Å². The number of fused-ring (bicyclic) bond motifs is 1. The summed E-state index contributed by atoms with van der Waals surface area (Å²) in [6, 6.07) is 5.88. The van der Waals surface area contributed by atoms with Gasteiger partial charge in [-0.3, -0.25) is 9.97 Å². The molecule has 1 saturated heterocycles. The molecule has 0 amide bonds. The lowest BCUT2D eigenvalue weighted by molar-refractivity contribution is -0.00260. The Kier molecular flexibility index (Phi) is 6.27. The molecule has 8 heteroatoms. The Labute approximate surface area is 156 Å². The molecule has 2 heterocycles. The van der Waals surface area contributed by atoms with Crippen molar-refractivity contribution in [2.24, 2.45) is 0 Å². The highest BCUT2D eigenvalue weighted by Crippen LogP contribution is 2.29. The van der Waals surface area contributed by atoms with Gasteiger partial charge in [-0.05, 0) is 19.1 Å². The van der Waals surface area contributed by atoms with E-state index < -0.39 is 6.10 Å². The molecular formula is C18H22N4O3S. The van der Waals surface area contributed by atoms with Gasteiger partial charge in [0, 0.05) is 37.0 Å². The number of morpholine rings is 1. The van der Waals surface area contributed by atoms with Gasteiger partial charge in [0.2, 0.25) is 0 Å². The van der Waals surface area contributed by atoms with E-state index in [1.165, 1.54) is 0 Å². The summed E-state index contributed by atoms with van der Waals surface area (Å²) in [6.45, 7) is 3.24. The number of hydrogen-bond donors (Lipinski definition) is 2. The van der Waals surface area contributed by atoms with Crippen molar-refractivity contribution >= 4 is 28.5 Å². The van der Waals surface area contributed by atoms with Gasteiger partial charge in [-0.1, -0.05) is 0 Å². The topological polar surface area (TPSA) is 103 Å². The lowest BCUT2D eigenvalue weighted by atomic mass is 10.1. The van der Waals surface area contributed by atoms with E-state index in [1.807, 2.05) is 13.0 Å². The summed E-state index contributed by atoms with van der Waals surface area (Å²) in [6.07, 6.45) is 2.60. The van der Waals surface area contributed by atoms with E-state index in [9.17, 15) is 10.4 Å². The molecule has 1 fully saturated rings. The van der Waals surface area contributed by atoms with Crippen LogP contribution < -0.4 is 4.90 Å². The number of nitriles is 1. The standard InChI is InChI=1S/C18H22N4O3S/c1-12-7-22(8-15(25-12)11-26-10-14(24)9-23)16-3-2-13(6-19)17-18(16)21-5-4-20-17/h2-5,12,14-15,23-24H,7-11H2,1H3/t12-,14+,15-/m1/s1. The average molecular weight is 374 g/mol. The highest BCUT2D eigenvalue weighted by atomic mass is 32.2. The number of thioether (sulfide) groups is 1. The van der Waals surface area contributed by atoms with E-state index >= 15 is 0 Å². The molecule has 0 saturated carbocycles. The number of benzene rings is 1. The molecule has 0 unspecified atom stereocenters. The molecule has 1 aliphatic heterocycles. The molecule has 3 rings (SSSR count). The quantitative estimate of drug-likeness (QED) is 0.777. The number of ether oxygens (including phenoxy) is 1. The normalized spacial score (nSPS) is 21.5. The first kappa shape index (κ1) is 18.9. The van der Waals surface area contributed by atoms with Crippen LogP contribution in [0.25, 0.3) is 11.0 Å². The fraction of sp³-hybridized carbons (Fsp3) is 0.500. The minimum Gasteiger partial charge on any atom is -0.394 e. The van der Waals surface area contributed by atoms with E-state index in [0.29, 0.717) is 23.4 Å². The summed E-state index contributed by atoms with van der Waals surface area (Å²) in [5.41, 5.74) is 2.81. The third kappa shape index (κ3) is 4.24. The van der Waals surface area contributed by atoms with Crippen molar-refractivity contribution < 1.29 is 14.9 Å². The van der Waals surface area contributed by atoms with Gasteiger partial charge in [-0.15, -0.1) is 0 Å². The third-order valence-electron chi connectivity index (χ3n) is 4.22. The Balaban J connectivity index is 1.78. The summed E-state index contributed by atoms with van der Waals surface area (Å²) in [5, 5.41) is 27.7. The molecule has 138 valence electrons. The first-order valence-corrected chi connectivity index (χ1v) is 9.68. The van der Waals surface area contributed by atoms with E-state index in [0.717, 1.165) is 23.5 Å². The summed E-state index contributed by atoms with van der Waals surface area (Å²) < 4.78 is 6.02. The SMILES string of the molecule is C[C@@H]1CN(c2ccc(C#N)c3nccnc23)C[C@H](CSC[C@@H](O)CO)O1. The van der Waals surface area contributed by atoms with Gasteiger partial charge in [0.05, 0.1) is 36.2 Å². The van der Waals surface area contributed by atoms with Crippen LogP contribution in [0, 0.1) is 11.3 Å². The molecular weight excluding hydrogens is 352 g/mol. The number of nitrogens with zero attached hydrogens (tertiary/aromatic N) is 4. The highest BCUT2D eigenvalue weighted by molar-refractivity contribution is 7.99. The predicted molar refractivity (Wildman–Crippen MR) is 101 cm³/mol. The third-order valence-corrected chi connectivity index (χ3v) is 5.44. The fourth-order valence-electron chi connectivity index (χ4n) is 3.11. The second-order valence-electron chi connectivity index (χ2n) is 6.35. The monoisotopic (exact) mass is 374 g/mol. The van der Waals surface area contributed by atoms with E-state index in [-0.39, 0.29) is 18.8 Å². The Morgan fingerprint density at radius 3 is 2.85 bits per heavy atom. The maximum Gasteiger partial charge on any atom is 0.113 e. The molecule has 2 N–H and O–H groups in total. The highest BCUT2D eigenvalue weighted by Gasteiger charge is 2.27. The number of aromatic nitrogens is 2. The lowest BCUT2D eigenvalue weighted by Crippen LogP contribution is -2.48. The van der Waals surface area contributed by atoms with Crippen molar-refractivity contribution in [2.45, 2.75) is 25.2 Å². The van der Waals surface area contributed by atoms with Crippen molar-refractivity contribution in [3.05, 3.63) is 30.1 Å². The molecule has 2 aromatic rings. The summed E-state index contributed by atoms with van der Waals surface area (Å²) in [5.74, 6) is 1.22. The fourth-order valence-corrected chi connectivity index (χ4v) is 4.07. The molecule has 0 bridgehead atoms. The second-order valence-corrected chi connectivity index (χ2v) is 7.42. The van der Waals surface area contributed by atoms with Crippen LogP contribution in [0.2, 0.25) is 0 Å². The Morgan fingerprint density at radius 1 is 1.35 bits per heavy atom. The van der Waals surface area contributed by atoms with E-state index in [2.05, 4.69) is 20.9 Å². The van der Waals surface area contributed by atoms with Gasteiger partial charge in [0.15, 0.2) is 0 Å². The molecule has 26 heavy (non-hydrogen) atoms. The van der Waals surface area contributed by atoms with Crippen molar-refractivity contribution in [2.75, 3.05) is 36.1 Å². The van der Waals surface area contributed by atoms with Gasteiger partial charge in [-0.2, -0.15) is 17.0 Å². The number of aliphatic hydroxyl groups is 2. The summed E-state index contributed by atoms with van der Waals surface area (Å²) in [7, 11) is 0. The van der Waals surface area contributed by atoms with Crippen LogP contribution in [0.4, 0.5) is 5.69 Å². The molecule has 0 radical (unpaired) electrons. The number of anilines is 1. The van der Waals surface area contributed by atoms with Crippen molar-refractivity contribution in [1.29, 1.82) is 5.26 Å². The maximum atomic E-state index is 9.47. The largest absolute Gasteiger partial charge is 0.394 e. The van der Waals surface area contributed by atoms with Gasteiger partial charge in [-0.25, -0.2) is 0 Å². The van der Waals surface area contributed by atoms with Gasteiger partial charge in [0.1, 0.15) is 17.1 Å². The Hall–Kier alpha value is -1.92. The molecule has 1 aromatic carbocycles. The second kappa shape index (κ2) is 8.64. The van der Waals surface area contributed by atoms with Gasteiger partial charge >= 0.3 is 0 Å². The van der Waals surface area contributed by atoms with Crippen LogP contribution in [0.1, 0.15) is 12.5 Å². The van der Waals surface area contributed by atoms with Gasteiger partial charge < -0.3 is 19.8 Å². The molecule has 1 aliphatic rings. The first-order valence-electron chi connectivity index (χ1n) is 8.53. The minimum atomic E-state index is -0.699. The van der Waals surface area contributed by atoms with Crippen LogP contribution in [0.3, 0.4) is 0 Å². The number of rotatable bonds is 6. The van der Waals surface area contributed by atoms with Crippen molar-refractivity contribution in [1.82, 2.24) is 9.97 Å². The predicted octanol–water partition coefficient (Wildman–Crippen LogP) is 1.18. The molecule has 1 aromatic heterocycles. The van der Waals surface area contributed by atoms with Crippen molar-refractivity contribution in [3.63, 3.8) is 0 Å². The van der Waals surface area contributed by atoms with Crippen LogP contribution in [-0.4, -0.2) is 69.7 Å². The zero-order valence-electron chi connectivity index (χ0n) is 14.6. The Morgan fingerprint density at radius 2 is 2.12 bits per heavy atom. The molecule has 0 aliphatic carbocycles. The summed E-state index contributed by atoms with van der Waals surface area (Å²) in [4.78, 5) is 11.0. The minimum absolute atomic E-state index is 0.0111. The van der Waals surface area contributed by atoms with Crippen LogP contribution >= 0.6 is 11.8 Å². The van der Waals surface area contributed by atoms with Crippen LogP contribution in [0.5, 0.6) is 0 Å². The molecule has 7 nitrogen and oxygen atoms in total. The number of hydrogen-bond acceptors (Lipinski definition) is 8. The summed E-state index contributed by atoms with van der Waals surface area (Å²) >= 11 is 1.57. The zero-order chi connectivity index (χ0) is 18.5. The first-order chi connectivity index (χ1) is 12.6. The average Bonchev–Trinajstić information content (AvgIpc) is 2.66. The number of aliphatic hydroxyl groups excluding tert-OH is 2. The Bertz CT molecular complexity index is 798. The zero-order valence-corrected chi connectivity index (χ0v) is 15.4. The molecule has 3 atom stereocenters. The molecule has 0 spiro atoms. The maximum absolute atomic E-state index is 9.47. The van der Waals surface area contributed by atoms with Gasteiger partial charge in [0.25, 0.3) is 0 Å². The van der Waals surface area contributed by atoms with Crippen LogP contribution in [-0.2, 0) is 4.74 Å². The van der Waals surface area contributed by atoms with E-state index in [4.69, 9.17) is 9.84 Å². The van der Waals surface area contributed by atoms with Crippen LogP contribution in [0.15, 0.2) is 24.5 Å².